The Morgan fingerprint density at radius 1 is 1.00 bits per heavy atom. The summed E-state index contributed by atoms with van der Waals surface area (Å²) < 4.78 is 5.99. The summed E-state index contributed by atoms with van der Waals surface area (Å²) in [5, 5.41) is 9.69. The van der Waals surface area contributed by atoms with E-state index in [-0.39, 0.29) is 5.91 Å². The lowest BCUT2D eigenvalue weighted by molar-refractivity contribution is -0.131. The molecule has 0 unspecified atom stereocenters. The predicted octanol–water partition coefficient (Wildman–Crippen LogP) is 7.26. The molecule has 0 aromatic heterocycles. The molecular formula is C31H31N3O2. The highest BCUT2D eigenvalue weighted by Gasteiger charge is 2.49. The molecule has 1 aliphatic carbocycles. The largest absolute Gasteiger partial charge is 0.457 e. The van der Waals surface area contributed by atoms with E-state index < -0.39 is 5.54 Å². The maximum Gasteiger partial charge on any atom is 0.256 e. The van der Waals surface area contributed by atoms with Gasteiger partial charge < -0.3 is 4.74 Å². The molecule has 1 fully saturated rings. The van der Waals surface area contributed by atoms with E-state index in [1.54, 1.807) is 6.07 Å². The molecule has 36 heavy (non-hydrogen) atoms. The van der Waals surface area contributed by atoms with E-state index in [9.17, 15) is 10.1 Å². The van der Waals surface area contributed by atoms with Crippen molar-refractivity contribution in [3.63, 3.8) is 0 Å². The number of para-hydroxylation sites is 1. The van der Waals surface area contributed by atoms with Gasteiger partial charge in [0.2, 0.25) is 0 Å². The van der Waals surface area contributed by atoms with Gasteiger partial charge in [0, 0.05) is 12.0 Å². The summed E-state index contributed by atoms with van der Waals surface area (Å²) in [6, 6.07) is 25.6. The van der Waals surface area contributed by atoms with E-state index >= 15 is 0 Å². The molecular weight excluding hydrogens is 446 g/mol. The molecule has 5 heteroatoms. The molecule has 1 saturated carbocycles. The highest BCUT2D eigenvalue weighted by molar-refractivity contribution is 6.08. The number of amidine groups is 1. The monoisotopic (exact) mass is 477 g/mol. The van der Waals surface area contributed by atoms with Crippen LogP contribution in [-0.4, -0.2) is 22.2 Å². The minimum absolute atomic E-state index is 0.174. The van der Waals surface area contributed by atoms with E-state index in [0.29, 0.717) is 17.9 Å². The smallest absolute Gasteiger partial charge is 0.256 e. The van der Waals surface area contributed by atoms with Gasteiger partial charge in [-0.05, 0) is 60.7 Å². The van der Waals surface area contributed by atoms with Crippen molar-refractivity contribution in [2.75, 3.05) is 0 Å². The molecule has 0 radical (unpaired) electrons. The Balaban J connectivity index is 1.36. The summed E-state index contributed by atoms with van der Waals surface area (Å²) in [4.78, 5) is 20.3. The molecule has 0 saturated heterocycles. The summed E-state index contributed by atoms with van der Waals surface area (Å²) in [5.41, 5.74) is 2.90. The standard InChI is InChI=1S/C31H31N3O2/c1-2-3-11-29-33-31(18-7-8-19-31)30(35)34(29)22-23-12-14-24(15-13-23)28-20-27(17-16-25(28)21-32)36-26-9-5-4-6-10-26/h4-6,9-10,12-17,20H,2-3,7-8,11,18-19,22H2,1H3. The second kappa shape index (κ2) is 10.4. The van der Waals surface area contributed by atoms with Crippen LogP contribution in [0.2, 0.25) is 0 Å². The number of nitrogens with zero attached hydrogens (tertiary/aromatic N) is 3. The number of carbonyl (C=O) groups excluding carboxylic acids is 1. The average Bonchev–Trinajstić information content (AvgIpc) is 3.49. The Morgan fingerprint density at radius 3 is 2.44 bits per heavy atom. The van der Waals surface area contributed by atoms with Gasteiger partial charge in [0.15, 0.2) is 0 Å². The van der Waals surface area contributed by atoms with Crippen LogP contribution in [0, 0.1) is 11.3 Å². The topological polar surface area (TPSA) is 65.7 Å². The second-order valence-corrected chi connectivity index (χ2v) is 9.69. The average molecular weight is 478 g/mol. The summed E-state index contributed by atoms with van der Waals surface area (Å²) in [6.45, 7) is 2.70. The molecule has 1 amide bonds. The van der Waals surface area contributed by atoms with E-state index in [4.69, 9.17) is 9.73 Å². The Morgan fingerprint density at radius 2 is 1.75 bits per heavy atom. The van der Waals surface area contributed by atoms with Gasteiger partial charge in [-0.25, -0.2) is 0 Å². The van der Waals surface area contributed by atoms with Crippen LogP contribution in [0.3, 0.4) is 0 Å². The lowest BCUT2D eigenvalue weighted by Crippen LogP contribution is -2.40. The zero-order valence-corrected chi connectivity index (χ0v) is 20.7. The van der Waals surface area contributed by atoms with Crippen LogP contribution in [0.15, 0.2) is 77.8 Å². The molecule has 0 bridgehead atoms. The van der Waals surface area contributed by atoms with Crippen molar-refractivity contribution in [1.82, 2.24) is 4.90 Å². The number of unbranched alkanes of at least 4 members (excludes halogenated alkanes) is 1. The van der Waals surface area contributed by atoms with Gasteiger partial charge in [-0.3, -0.25) is 14.7 Å². The van der Waals surface area contributed by atoms with Crippen LogP contribution in [0.1, 0.15) is 63.0 Å². The fourth-order valence-electron chi connectivity index (χ4n) is 5.22. The fourth-order valence-corrected chi connectivity index (χ4v) is 5.22. The number of nitriles is 1. The number of rotatable bonds is 8. The summed E-state index contributed by atoms with van der Waals surface area (Å²) >= 11 is 0. The highest BCUT2D eigenvalue weighted by atomic mass is 16.5. The van der Waals surface area contributed by atoms with Crippen LogP contribution in [-0.2, 0) is 11.3 Å². The molecule has 1 heterocycles. The lowest BCUT2D eigenvalue weighted by atomic mass is 9.97. The van der Waals surface area contributed by atoms with Crippen LogP contribution < -0.4 is 4.74 Å². The van der Waals surface area contributed by atoms with Crippen molar-refractivity contribution in [2.24, 2.45) is 4.99 Å². The molecule has 5 rings (SSSR count). The number of carbonyl (C=O) groups is 1. The third-order valence-electron chi connectivity index (χ3n) is 7.18. The van der Waals surface area contributed by atoms with Crippen molar-refractivity contribution < 1.29 is 9.53 Å². The first kappa shape index (κ1) is 23.8. The van der Waals surface area contributed by atoms with Crippen LogP contribution in [0.25, 0.3) is 11.1 Å². The minimum Gasteiger partial charge on any atom is -0.457 e. The summed E-state index contributed by atoms with van der Waals surface area (Å²) in [5.74, 6) is 2.55. The number of hydrogen-bond acceptors (Lipinski definition) is 4. The number of ether oxygens (including phenoxy) is 1. The van der Waals surface area contributed by atoms with E-state index in [1.807, 2.05) is 71.6 Å². The van der Waals surface area contributed by atoms with Crippen molar-refractivity contribution in [2.45, 2.75) is 64.0 Å². The molecule has 0 atom stereocenters. The van der Waals surface area contributed by atoms with Gasteiger partial charge >= 0.3 is 0 Å². The van der Waals surface area contributed by atoms with Crippen molar-refractivity contribution in [3.05, 3.63) is 83.9 Å². The SMILES string of the molecule is CCCCC1=NC2(CCCC2)C(=O)N1Cc1ccc(-c2cc(Oc3ccccc3)ccc2C#N)cc1. The minimum atomic E-state index is -0.510. The van der Waals surface area contributed by atoms with Crippen molar-refractivity contribution in [1.29, 1.82) is 5.26 Å². The lowest BCUT2D eigenvalue weighted by Gasteiger charge is -2.23. The first-order valence-corrected chi connectivity index (χ1v) is 12.9. The van der Waals surface area contributed by atoms with Gasteiger partial charge in [0.25, 0.3) is 5.91 Å². The number of aliphatic imine (C=N–C) groups is 1. The predicted molar refractivity (Wildman–Crippen MR) is 142 cm³/mol. The van der Waals surface area contributed by atoms with Gasteiger partial charge in [0.05, 0.1) is 18.2 Å². The third kappa shape index (κ3) is 4.77. The molecule has 1 spiro atoms. The maximum absolute atomic E-state index is 13.4. The Bertz CT molecular complexity index is 1300. The van der Waals surface area contributed by atoms with E-state index in [0.717, 1.165) is 73.2 Å². The maximum atomic E-state index is 13.4. The fraction of sp³-hybridized carbons (Fsp3) is 0.323. The highest BCUT2D eigenvalue weighted by Crippen LogP contribution is 2.40. The molecule has 0 N–H and O–H groups in total. The Labute approximate surface area is 213 Å². The van der Waals surface area contributed by atoms with Gasteiger partial charge in [-0.15, -0.1) is 0 Å². The number of amides is 1. The number of hydrogen-bond donors (Lipinski definition) is 0. The van der Waals surface area contributed by atoms with Crippen molar-refractivity contribution >= 4 is 11.7 Å². The normalized spacial score (nSPS) is 16.3. The van der Waals surface area contributed by atoms with E-state index in [1.165, 1.54) is 0 Å². The van der Waals surface area contributed by atoms with Gasteiger partial charge in [-0.1, -0.05) is 68.7 Å². The Hall–Kier alpha value is -3.91. The molecule has 1 aliphatic heterocycles. The van der Waals surface area contributed by atoms with E-state index in [2.05, 4.69) is 13.0 Å². The molecule has 3 aromatic carbocycles. The molecule has 3 aromatic rings. The van der Waals surface area contributed by atoms with Crippen molar-refractivity contribution in [3.8, 4) is 28.7 Å². The van der Waals surface area contributed by atoms with Crippen LogP contribution >= 0.6 is 0 Å². The molecule has 5 nitrogen and oxygen atoms in total. The zero-order chi connectivity index (χ0) is 25.0. The first-order valence-electron chi connectivity index (χ1n) is 12.9. The third-order valence-corrected chi connectivity index (χ3v) is 7.18. The second-order valence-electron chi connectivity index (χ2n) is 9.69. The summed E-state index contributed by atoms with van der Waals surface area (Å²) in [6.07, 6.45) is 6.86. The molecule has 182 valence electrons. The van der Waals surface area contributed by atoms with Crippen LogP contribution in [0.4, 0.5) is 0 Å². The Kier molecular flexibility index (Phi) is 6.86. The van der Waals surface area contributed by atoms with Crippen LogP contribution in [0.5, 0.6) is 11.5 Å². The zero-order valence-electron chi connectivity index (χ0n) is 20.7. The van der Waals surface area contributed by atoms with Gasteiger partial charge in [0.1, 0.15) is 22.9 Å². The quantitative estimate of drug-likeness (QED) is 0.343. The number of benzene rings is 3. The van der Waals surface area contributed by atoms with Gasteiger partial charge in [-0.2, -0.15) is 5.26 Å². The first-order chi connectivity index (χ1) is 17.6. The summed E-state index contributed by atoms with van der Waals surface area (Å²) in [7, 11) is 0. The molecule has 2 aliphatic rings.